The van der Waals surface area contributed by atoms with Crippen LogP contribution in [-0.2, 0) is 4.74 Å². The van der Waals surface area contributed by atoms with Crippen molar-refractivity contribution in [2.45, 2.75) is 38.4 Å². The number of aryl methyl sites for hydroxylation is 2. The second-order valence-electron chi connectivity index (χ2n) is 7.85. The molecule has 4 atom stereocenters. The molecule has 1 fully saturated rings. The largest absolute Gasteiger partial charge is 0.508 e. The van der Waals surface area contributed by atoms with Gasteiger partial charge in [0.2, 0.25) is 0 Å². The van der Waals surface area contributed by atoms with Crippen LogP contribution in [-0.4, -0.2) is 50.3 Å². The van der Waals surface area contributed by atoms with E-state index in [1.807, 2.05) is 31.5 Å². The van der Waals surface area contributed by atoms with Crippen molar-refractivity contribution in [3.63, 3.8) is 0 Å². The van der Waals surface area contributed by atoms with Crippen LogP contribution < -0.4 is 4.57 Å². The summed E-state index contributed by atoms with van der Waals surface area (Å²) in [5, 5.41) is 44.1. The number of hydrogen-bond donors (Lipinski definition) is 5. The molecule has 1 saturated heterocycles. The number of aromatic hydroxyl groups is 1. The number of aliphatic hydroxyl groups is 3. The molecule has 1 aliphatic rings. The smallest absolute Gasteiger partial charge is 0.291 e. The van der Waals surface area contributed by atoms with Gasteiger partial charge in [-0.25, -0.2) is 0 Å². The monoisotopic (exact) mass is 395 g/mol. The van der Waals surface area contributed by atoms with Crippen molar-refractivity contribution in [2.75, 3.05) is 6.61 Å². The predicted molar refractivity (Wildman–Crippen MR) is 108 cm³/mol. The lowest BCUT2D eigenvalue weighted by Gasteiger charge is -2.31. The predicted octanol–water partition coefficient (Wildman–Crippen LogP) is 1.70. The minimum atomic E-state index is -1.26. The second-order valence-corrected chi connectivity index (χ2v) is 7.85. The van der Waals surface area contributed by atoms with Crippen LogP contribution in [0.4, 0.5) is 0 Å². The Hall–Kier alpha value is -2.71. The average Bonchev–Trinajstić information content (AvgIpc) is 3.09. The maximum atomic E-state index is 10.4. The van der Waals surface area contributed by atoms with Crippen molar-refractivity contribution < 1.29 is 29.7 Å². The number of H-pyrrole nitrogens is 1. The molecule has 150 valence electrons. The van der Waals surface area contributed by atoms with Crippen LogP contribution in [0, 0.1) is 13.8 Å². The SMILES string of the molecule is Cc1c2cc[n+](C3OCC(O)C(O)[C@@H]3O)cc2c(C)c2c1[nH]c1ccc(O)cc12. The third kappa shape index (κ3) is 2.63. The molecule has 0 saturated carbocycles. The first-order chi connectivity index (χ1) is 13.9. The minimum Gasteiger partial charge on any atom is -0.508 e. The number of nitrogens with one attached hydrogen (secondary N) is 1. The van der Waals surface area contributed by atoms with Gasteiger partial charge in [-0.05, 0) is 48.6 Å². The quantitative estimate of drug-likeness (QED) is 0.315. The molecule has 4 aromatic rings. The highest BCUT2D eigenvalue weighted by atomic mass is 16.5. The Labute approximate surface area is 166 Å². The van der Waals surface area contributed by atoms with Gasteiger partial charge in [0.1, 0.15) is 18.0 Å². The molecule has 1 aliphatic heterocycles. The molecule has 0 radical (unpaired) electrons. The molecule has 5 N–H and O–H groups in total. The van der Waals surface area contributed by atoms with Gasteiger partial charge >= 0.3 is 0 Å². The first kappa shape index (κ1) is 18.3. The Bertz CT molecular complexity index is 1260. The summed E-state index contributed by atoms with van der Waals surface area (Å²) in [6.07, 6.45) is -0.690. The van der Waals surface area contributed by atoms with E-state index in [1.54, 1.807) is 16.7 Å². The molecule has 0 aliphatic carbocycles. The van der Waals surface area contributed by atoms with Gasteiger partial charge < -0.3 is 30.1 Å². The molecule has 3 unspecified atom stereocenters. The fourth-order valence-corrected chi connectivity index (χ4v) is 4.47. The highest BCUT2D eigenvalue weighted by Crippen LogP contribution is 2.37. The summed E-state index contributed by atoms with van der Waals surface area (Å²) in [5.41, 5.74) is 4.11. The number of hydrogen-bond acceptors (Lipinski definition) is 5. The Morgan fingerprint density at radius 1 is 1.00 bits per heavy atom. The zero-order valence-electron chi connectivity index (χ0n) is 16.1. The highest BCUT2D eigenvalue weighted by Gasteiger charge is 2.43. The molecule has 2 aromatic carbocycles. The number of aromatic nitrogens is 2. The van der Waals surface area contributed by atoms with Crippen LogP contribution in [0.5, 0.6) is 5.75 Å². The summed E-state index contributed by atoms with van der Waals surface area (Å²) in [5.74, 6) is 0.213. The first-order valence-corrected chi connectivity index (χ1v) is 9.60. The number of phenols is 1. The standard InChI is InChI=1S/C22H22N2O5/c1-10-15-8-24(22-21(28)20(27)17(26)9-29-22)6-5-13(15)11(2)19-18(10)14-7-12(25)3-4-16(14)23-19/h3-8,17,20-22,25-28H,9H2,1-2H3/p+1/t17?,20?,21-,22?/m0/s1. The molecule has 3 heterocycles. The maximum Gasteiger partial charge on any atom is 0.291 e. The number of aliphatic hydroxyl groups excluding tert-OH is 3. The van der Waals surface area contributed by atoms with E-state index in [0.717, 1.165) is 43.7 Å². The van der Waals surface area contributed by atoms with E-state index >= 15 is 0 Å². The number of benzene rings is 2. The lowest BCUT2D eigenvalue weighted by molar-refractivity contribution is -0.774. The van der Waals surface area contributed by atoms with Crippen molar-refractivity contribution in [2.24, 2.45) is 0 Å². The molecule has 5 rings (SSSR count). The van der Waals surface area contributed by atoms with Crippen molar-refractivity contribution in [1.82, 2.24) is 4.98 Å². The van der Waals surface area contributed by atoms with E-state index < -0.39 is 24.5 Å². The van der Waals surface area contributed by atoms with Gasteiger partial charge in [-0.2, -0.15) is 4.57 Å². The van der Waals surface area contributed by atoms with Crippen LogP contribution >= 0.6 is 0 Å². The number of ether oxygens (including phenoxy) is 1. The maximum absolute atomic E-state index is 10.4. The van der Waals surface area contributed by atoms with Gasteiger partial charge in [-0.15, -0.1) is 0 Å². The summed E-state index contributed by atoms with van der Waals surface area (Å²) in [6.45, 7) is 4.03. The number of aromatic amines is 1. The Morgan fingerprint density at radius 3 is 2.59 bits per heavy atom. The van der Waals surface area contributed by atoms with Crippen molar-refractivity contribution in [3.8, 4) is 5.75 Å². The van der Waals surface area contributed by atoms with E-state index in [2.05, 4.69) is 11.9 Å². The van der Waals surface area contributed by atoms with Gasteiger partial charge in [0, 0.05) is 27.7 Å². The normalized spacial score (nSPS) is 25.3. The third-order valence-corrected chi connectivity index (χ3v) is 6.09. The number of nitrogens with zero attached hydrogens (tertiary/aromatic N) is 1. The van der Waals surface area contributed by atoms with Gasteiger partial charge in [-0.1, -0.05) is 0 Å². The highest BCUT2D eigenvalue weighted by molar-refractivity contribution is 6.16. The van der Waals surface area contributed by atoms with E-state index in [0.29, 0.717) is 0 Å². The lowest BCUT2D eigenvalue weighted by atomic mass is 9.96. The number of phenolic OH excluding ortho intramolecular Hbond substituents is 1. The van der Waals surface area contributed by atoms with E-state index in [-0.39, 0.29) is 12.4 Å². The van der Waals surface area contributed by atoms with Crippen LogP contribution in [0.25, 0.3) is 32.6 Å². The molecular formula is C22H23N2O5+. The molecule has 7 heteroatoms. The van der Waals surface area contributed by atoms with Gasteiger partial charge in [0.15, 0.2) is 18.5 Å². The van der Waals surface area contributed by atoms with Crippen molar-refractivity contribution in [1.29, 1.82) is 0 Å². The van der Waals surface area contributed by atoms with E-state index in [1.165, 1.54) is 0 Å². The van der Waals surface area contributed by atoms with E-state index in [9.17, 15) is 20.4 Å². The van der Waals surface area contributed by atoms with Gasteiger partial charge in [0.05, 0.1) is 12.1 Å². The summed E-state index contributed by atoms with van der Waals surface area (Å²) >= 11 is 0. The zero-order valence-corrected chi connectivity index (χ0v) is 16.1. The molecular weight excluding hydrogens is 372 g/mol. The molecule has 0 bridgehead atoms. The number of fused-ring (bicyclic) bond motifs is 4. The Balaban J connectivity index is 1.75. The third-order valence-electron chi connectivity index (χ3n) is 6.09. The van der Waals surface area contributed by atoms with E-state index in [4.69, 9.17) is 4.74 Å². The Kier molecular flexibility index (Phi) is 4.04. The summed E-state index contributed by atoms with van der Waals surface area (Å²) in [4.78, 5) is 3.46. The first-order valence-electron chi connectivity index (χ1n) is 9.60. The molecule has 2 aromatic heterocycles. The van der Waals surface area contributed by atoms with Crippen LogP contribution in [0.15, 0.2) is 36.7 Å². The fraction of sp³-hybridized carbons (Fsp3) is 0.318. The second kappa shape index (κ2) is 6.40. The van der Waals surface area contributed by atoms with Crippen LogP contribution in [0.3, 0.4) is 0 Å². The lowest BCUT2D eigenvalue weighted by Crippen LogP contribution is -2.58. The molecule has 0 spiro atoms. The molecule has 29 heavy (non-hydrogen) atoms. The Morgan fingerprint density at radius 2 is 1.79 bits per heavy atom. The number of pyridine rings is 1. The van der Waals surface area contributed by atoms with Crippen molar-refractivity contribution >= 4 is 32.6 Å². The van der Waals surface area contributed by atoms with Crippen molar-refractivity contribution in [3.05, 3.63) is 47.8 Å². The summed E-state index contributed by atoms with van der Waals surface area (Å²) in [6, 6.07) is 7.26. The summed E-state index contributed by atoms with van der Waals surface area (Å²) in [7, 11) is 0. The number of rotatable bonds is 1. The fourth-order valence-electron chi connectivity index (χ4n) is 4.47. The zero-order chi connectivity index (χ0) is 20.4. The molecule has 0 amide bonds. The minimum absolute atomic E-state index is 0.0489. The van der Waals surface area contributed by atoms with Gasteiger partial charge in [0.25, 0.3) is 6.23 Å². The van der Waals surface area contributed by atoms with Crippen LogP contribution in [0.2, 0.25) is 0 Å². The summed E-state index contributed by atoms with van der Waals surface area (Å²) < 4.78 is 7.33. The average molecular weight is 395 g/mol. The van der Waals surface area contributed by atoms with Crippen LogP contribution in [0.1, 0.15) is 17.4 Å². The topological polar surface area (TPSA) is 110 Å². The van der Waals surface area contributed by atoms with Gasteiger partial charge in [-0.3, -0.25) is 0 Å². The molecule has 7 nitrogen and oxygen atoms in total.